The van der Waals surface area contributed by atoms with Crippen molar-refractivity contribution >= 4 is 44.2 Å². The first-order chi connectivity index (χ1) is 29.8. The molecule has 0 fully saturated rings. The number of pyridine rings is 2. The molecule has 0 saturated carbocycles. The van der Waals surface area contributed by atoms with Gasteiger partial charge in [-0.2, -0.15) is 25.5 Å². The second-order valence-corrected chi connectivity index (χ2v) is 17.8. The molecule has 0 atom stereocenters. The third-order valence-corrected chi connectivity index (χ3v) is 11.1. The SMILES string of the molecule is CN1C=CN(c2[c-]c(Oc3[c-]c4c(cc3)c3c(c5ccc(Oc6[c-]c(N7C=CN(C)[CH-]7)cc(C(C)(C)C)c6)[c-]c5n3-c3ccccn3)n4-c3ccccn3)cc(C(C)(C)C)c2)[CH-]1.[Pt].[Pt]. The van der Waals surface area contributed by atoms with Crippen LogP contribution < -0.4 is 19.3 Å². The summed E-state index contributed by atoms with van der Waals surface area (Å²) in [7, 11) is 4.01. The topological polar surface area (TPSA) is 67.1 Å². The number of aromatic nitrogens is 4. The van der Waals surface area contributed by atoms with Crippen molar-refractivity contribution in [2.24, 2.45) is 0 Å². The van der Waals surface area contributed by atoms with Crippen LogP contribution in [0.5, 0.6) is 23.0 Å². The van der Waals surface area contributed by atoms with Crippen LogP contribution in [0.15, 0.2) is 122 Å². The molecule has 0 bridgehead atoms. The van der Waals surface area contributed by atoms with E-state index in [9.17, 15) is 0 Å². The molecule has 0 radical (unpaired) electrons. The van der Waals surface area contributed by atoms with Crippen molar-refractivity contribution in [2.45, 2.75) is 52.4 Å². The quantitative estimate of drug-likeness (QED) is 0.139. The van der Waals surface area contributed by atoms with E-state index >= 15 is 0 Å². The molecule has 12 heteroatoms. The monoisotopic (exact) mass is 1200 g/mol. The van der Waals surface area contributed by atoms with Gasteiger partial charge in [-0.3, -0.25) is 0 Å². The largest absolute Gasteiger partial charge is 0.510 e. The van der Waals surface area contributed by atoms with E-state index in [0.29, 0.717) is 23.0 Å². The Kier molecular flexibility index (Phi) is 12.1. The van der Waals surface area contributed by atoms with E-state index in [1.807, 2.05) is 133 Å². The van der Waals surface area contributed by atoms with Crippen LogP contribution in [0.25, 0.3) is 44.5 Å². The van der Waals surface area contributed by atoms with Gasteiger partial charge in [0.2, 0.25) is 0 Å². The van der Waals surface area contributed by atoms with Gasteiger partial charge in [-0.1, -0.05) is 75.5 Å². The molecule has 6 heterocycles. The van der Waals surface area contributed by atoms with E-state index in [-0.39, 0.29) is 53.0 Å². The fraction of sp³-hybridized carbons (Fsp3) is 0.192. The Morgan fingerprint density at radius 2 is 0.922 bits per heavy atom. The van der Waals surface area contributed by atoms with Crippen molar-refractivity contribution in [2.75, 3.05) is 23.9 Å². The van der Waals surface area contributed by atoms with Crippen LogP contribution in [-0.2, 0) is 53.0 Å². The summed E-state index contributed by atoms with van der Waals surface area (Å²) in [5.41, 5.74) is 7.28. The number of ether oxygens (including phenoxy) is 2. The van der Waals surface area contributed by atoms with Crippen molar-refractivity contribution in [1.29, 1.82) is 0 Å². The molecule has 8 aromatic rings. The molecule has 64 heavy (non-hydrogen) atoms. The van der Waals surface area contributed by atoms with Crippen molar-refractivity contribution < 1.29 is 51.6 Å². The molecule has 2 aliphatic heterocycles. The van der Waals surface area contributed by atoms with Gasteiger partial charge >= 0.3 is 0 Å². The molecule has 0 amide bonds. The molecule has 0 saturated heterocycles. The molecular weight excluding hydrogens is 1160 g/mol. The smallest absolute Gasteiger partial charge is 0.134 e. The van der Waals surface area contributed by atoms with Crippen molar-refractivity contribution in [3.8, 4) is 34.6 Å². The van der Waals surface area contributed by atoms with E-state index in [2.05, 4.69) is 111 Å². The standard InChI is InChI=1S/C52H46N8O2.2Pt/c1-51(2,3)35-25-37(57-23-21-55(7)33-57)29-41(27-35)61-39-15-17-43-45(31-39)59(47-13-9-11-19-53-47)50-44-18-16-40(32-46(44)60(49(43)50)48-14-10-12-20-54-48)62-42-28-36(52(4,5)6)26-38(30-42)58-24-22-56(8)34-58;;/h9-28,33-34H,1-8H3;;/q-6;;. The third kappa shape index (κ3) is 8.46. The van der Waals surface area contributed by atoms with Crippen LogP contribution in [0, 0.1) is 37.6 Å². The summed E-state index contributed by atoms with van der Waals surface area (Å²) in [4.78, 5) is 17.8. The minimum atomic E-state index is -0.122. The Bertz CT molecular complexity index is 2850. The molecule has 2 aliphatic rings. The second-order valence-electron chi connectivity index (χ2n) is 17.8. The summed E-state index contributed by atoms with van der Waals surface area (Å²) in [5, 5.41) is 1.89. The first-order valence-electron chi connectivity index (χ1n) is 20.7. The average Bonchev–Trinajstić information content (AvgIpc) is 4.03. The fourth-order valence-corrected chi connectivity index (χ4v) is 7.88. The summed E-state index contributed by atoms with van der Waals surface area (Å²) in [5.74, 6) is 3.79. The van der Waals surface area contributed by atoms with Crippen LogP contribution in [0.2, 0.25) is 0 Å². The average molecular weight is 1210 g/mol. The van der Waals surface area contributed by atoms with Gasteiger partial charge in [0.1, 0.15) is 11.6 Å². The molecular formula is C52H46N8O2Pt2-6. The fourth-order valence-electron chi connectivity index (χ4n) is 7.88. The number of hydrogen-bond acceptors (Lipinski definition) is 8. The summed E-state index contributed by atoms with van der Waals surface area (Å²) in [6.07, 6.45) is 11.7. The molecule has 0 N–H and O–H groups in total. The molecule has 10 rings (SSSR count). The van der Waals surface area contributed by atoms with Crippen LogP contribution in [0.1, 0.15) is 52.7 Å². The third-order valence-electron chi connectivity index (χ3n) is 11.1. The first kappa shape index (κ1) is 44.8. The Morgan fingerprint density at radius 1 is 0.500 bits per heavy atom. The number of nitrogens with zero attached hydrogens (tertiary/aromatic N) is 8. The van der Waals surface area contributed by atoms with Crippen LogP contribution in [0.3, 0.4) is 0 Å². The number of fused-ring (bicyclic) bond motifs is 5. The van der Waals surface area contributed by atoms with Gasteiger partial charge in [0, 0.05) is 88.6 Å². The van der Waals surface area contributed by atoms with E-state index < -0.39 is 0 Å². The zero-order chi connectivity index (χ0) is 42.9. The molecule has 0 spiro atoms. The van der Waals surface area contributed by atoms with E-state index in [1.165, 1.54) is 0 Å². The Balaban J connectivity index is 0.00000280. The molecule has 332 valence electrons. The summed E-state index contributed by atoms with van der Waals surface area (Å²) >= 11 is 0. The normalized spacial score (nSPS) is 13.9. The summed E-state index contributed by atoms with van der Waals surface area (Å²) < 4.78 is 17.7. The summed E-state index contributed by atoms with van der Waals surface area (Å²) in [6.45, 7) is 17.2. The van der Waals surface area contributed by atoms with Crippen LogP contribution in [0.4, 0.5) is 11.4 Å². The Labute approximate surface area is 403 Å². The molecule has 0 unspecified atom stereocenters. The van der Waals surface area contributed by atoms with E-state index in [4.69, 9.17) is 19.4 Å². The van der Waals surface area contributed by atoms with Crippen molar-refractivity contribution in [3.05, 3.63) is 171 Å². The second kappa shape index (κ2) is 17.3. The summed E-state index contributed by atoms with van der Waals surface area (Å²) in [6, 6.07) is 42.8. The van der Waals surface area contributed by atoms with Crippen molar-refractivity contribution in [1.82, 2.24) is 28.9 Å². The number of hydrogen-bond donors (Lipinski definition) is 0. The van der Waals surface area contributed by atoms with Gasteiger partial charge < -0.3 is 38.2 Å². The minimum absolute atomic E-state index is 0. The van der Waals surface area contributed by atoms with E-state index in [1.54, 1.807) is 0 Å². The van der Waals surface area contributed by atoms with Gasteiger partial charge in [0.05, 0.1) is 0 Å². The van der Waals surface area contributed by atoms with Crippen molar-refractivity contribution in [3.63, 3.8) is 0 Å². The zero-order valence-electron chi connectivity index (χ0n) is 36.7. The van der Waals surface area contributed by atoms with Gasteiger partial charge in [0.25, 0.3) is 0 Å². The van der Waals surface area contributed by atoms with Gasteiger partial charge in [-0.15, -0.1) is 83.2 Å². The molecule has 4 aromatic carbocycles. The molecule has 10 nitrogen and oxygen atoms in total. The minimum Gasteiger partial charge on any atom is -0.510 e. The number of anilines is 2. The predicted molar refractivity (Wildman–Crippen MR) is 246 cm³/mol. The zero-order valence-corrected chi connectivity index (χ0v) is 41.3. The number of benzene rings is 4. The Morgan fingerprint density at radius 3 is 1.27 bits per heavy atom. The Hall–Kier alpha value is -5.82. The maximum atomic E-state index is 6.68. The van der Waals surface area contributed by atoms with E-state index in [0.717, 1.165) is 67.0 Å². The van der Waals surface area contributed by atoms with Gasteiger partial charge in [0.15, 0.2) is 0 Å². The number of rotatable bonds is 8. The van der Waals surface area contributed by atoms with Gasteiger partial charge in [-0.25, -0.2) is 9.97 Å². The first-order valence-corrected chi connectivity index (χ1v) is 20.7. The maximum Gasteiger partial charge on any atom is 0.134 e. The van der Waals surface area contributed by atoms with Gasteiger partial charge in [-0.05, 0) is 74.0 Å². The predicted octanol–water partition coefficient (Wildman–Crippen LogP) is 11.6. The van der Waals surface area contributed by atoms with Crippen LogP contribution in [-0.4, -0.2) is 43.0 Å². The molecule has 4 aromatic heterocycles. The maximum absolute atomic E-state index is 6.68. The van der Waals surface area contributed by atoms with Crippen LogP contribution >= 0.6 is 0 Å². The molecule has 0 aliphatic carbocycles.